The summed E-state index contributed by atoms with van der Waals surface area (Å²) in [5.41, 5.74) is 9.80. The van der Waals surface area contributed by atoms with E-state index in [4.69, 9.17) is 5.73 Å². The summed E-state index contributed by atoms with van der Waals surface area (Å²) < 4.78 is 0. The van der Waals surface area contributed by atoms with E-state index >= 15 is 0 Å². The van der Waals surface area contributed by atoms with Gasteiger partial charge in [-0.15, -0.1) is 0 Å². The van der Waals surface area contributed by atoms with Crippen molar-refractivity contribution in [2.75, 3.05) is 0 Å². The fourth-order valence-electron chi connectivity index (χ4n) is 2.54. The molecule has 0 fully saturated rings. The minimum absolute atomic E-state index is 0.350. The van der Waals surface area contributed by atoms with Gasteiger partial charge >= 0.3 is 6.03 Å². The molecular formula is C14H25N3O. The fourth-order valence-corrected chi connectivity index (χ4v) is 2.54. The Morgan fingerprint density at radius 1 is 1.61 bits per heavy atom. The number of nitrogens with one attached hydrogen (secondary N) is 1. The molecule has 0 aliphatic heterocycles. The first-order valence-corrected chi connectivity index (χ1v) is 6.74. The predicted octanol–water partition coefficient (Wildman–Crippen LogP) is 3.05. The molecule has 0 saturated carbocycles. The van der Waals surface area contributed by atoms with Crippen LogP contribution in [-0.2, 0) is 0 Å². The van der Waals surface area contributed by atoms with Gasteiger partial charge in [-0.2, -0.15) is 5.10 Å². The van der Waals surface area contributed by atoms with Crippen LogP contribution in [-0.4, -0.2) is 11.7 Å². The number of carbonyl (C=O) groups is 1. The number of primary amides is 1. The molecule has 2 amide bonds. The molecule has 1 rings (SSSR count). The van der Waals surface area contributed by atoms with Crippen molar-refractivity contribution in [2.24, 2.45) is 28.6 Å². The molecule has 0 unspecified atom stereocenters. The highest BCUT2D eigenvalue weighted by Gasteiger charge is 2.27. The van der Waals surface area contributed by atoms with Crippen LogP contribution in [0, 0.1) is 17.8 Å². The number of hydrazone groups is 1. The molecule has 3 N–H and O–H groups in total. The van der Waals surface area contributed by atoms with E-state index in [0.29, 0.717) is 17.8 Å². The molecule has 1 aliphatic carbocycles. The van der Waals surface area contributed by atoms with Crippen molar-refractivity contribution in [1.82, 2.24) is 5.43 Å². The predicted molar refractivity (Wildman–Crippen MR) is 75.3 cm³/mol. The molecule has 0 saturated heterocycles. The number of hydrogen-bond donors (Lipinski definition) is 2. The van der Waals surface area contributed by atoms with Gasteiger partial charge in [-0.1, -0.05) is 32.4 Å². The van der Waals surface area contributed by atoms with Gasteiger partial charge in [0.15, 0.2) is 0 Å². The van der Waals surface area contributed by atoms with Crippen molar-refractivity contribution in [3.05, 3.63) is 11.6 Å². The maximum Gasteiger partial charge on any atom is 0.332 e. The Hall–Kier alpha value is -1.32. The fraction of sp³-hybridized carbons (Fsp3) is 0.714. The van der Waals surface area contributed by atoms with Crippen LogP contribution < -0.4 is 11.2 Å². The normalized spacial score (nSPS) is 24.9. The first-order valence-electron chi connectivity index (χ1n) is 6.74. The van der Waals surface area contributed by atoms with Gasteiger partial charge in [0.1, 0.15) is 0 Å². The molecule has 102 valence electrons. The van der Waals surface area contributed by atoms with Gasteiger partial charge < -0.3 is 5.73 Å². The number of rotatable bonds is 4. The first-order chi connectivity index (χ1) is 8.45. The van der Waals surface area contributed by atoms with Gasteiger partial charge in [0.05, 0.1) is 0 Å². The topological polar surface area (TPSA) is 67.5 Å². The number of allylic oxidation sites excluding steroid dienone is 2. The van der Waals surface area contributed by atoms with Crippen molar-refractivity contribution < 1.29 is 4.79 Å². The second-order valence-electron chi connectivity index (χ2n) is 5.41. The van der Waals surface area contributed by atoms with Crippen molar-refractivity contribution in [3.8, 4) is 0 Å². The van der Waals surface area contributed by atoms with Crippen LogP contribution in [0.1, 0.15) is 47.0 Å². The van der Waals surface area contributed by atoms with Crippen molar-refractivity contribution >= 4 is 11.7 Å². The lowest BCUT2D eigenvalue weighted by atomic mass is 9.74. The van der Waals surface area contributed by atoms with Crippen LogP contribution in [0.3, 0.4) is 0 Å². The number of amides is 2. The van der Waals surface area contributed by atoms with E-state index in [-0.39, 0.29) is 0 Å². The highest BCUT2D eigenvalue weighted by molar-refractivity contribution is 5.90. The molecule has 4 heteroatoms. The molecule has 0 heterocycles. The van der Waals surface area contributed by atoms with Crippen molar-refractivity contribution in [2.45, 2.75) is 47.0 Å². The summed E-state index contributed by atoms with van der Waals surface area (Å²) in [6, 6.07) is -0.598. The molecule has 0 spiro atoms. The Morgan fingerprint density at radius 2 is 2.28 bits per heavy atom. The van der Waals surface area contributed by atoms with E-state index in [0.717, 1.165) is 25.0 Å². The second kappa shape index (κ2) is 6.57. The highest BCUT2D eigenvalue weighted by Crippen LogP contribution is 2.34. The SMILES string of the molecule is CC/C(=N/NC(N)=O)[C@H]1C[C@H](C(C)C)CC=C1C. The second-order valence-corrected chi connectivity index (χ2v) is 5.41. The van der Waals surface area contributed by atoms with Crippen LogP contribution >= 0.6 is 0 Å². The lowest BCUT2D eigenvalue weighted by Gasteiger charge is -2.31. The Morgan fingerprint density at radius 3 is 2.78 bits per heavy atom. The zero-order valence-electron chi connectivity index (χ0n) is 11.9. The summed E-state index contributed by atoms with van der Waals surface area (Å²) in [5, 5.41) is 4.16. The average Bonchev–Trinajstić information content (AvgIpc) is 2.31. The molecule has 1 aliphatic rings. The van der Waals surface area contributed by atoms with E-state index in [1.807, 2.05) is 0 Å². The minimum Gasteiger partial charge on any atom is -0.350 e. The quantitative estimate of drug-likeness (QED) is 0.450. The van der Waals surface area contributed by atoms with Crippen LogP contribution in [0.25, 0.3) is 0 Å². The van der Waals surface area contributed by atoms with Gasteiger partial charge in [0.2, 0.25) is 0 Å². The number of urea groups is 1. The third kappa shape index (κ3) is 3.86. The molecule has 4 nitrogen and oxygen atoms in total. The van der Waals surface area contributed by atoms with Crippen LogP contribution in [0.15, 0.2) is 16.8 Å². The van der Waals surface area contributed by atoms with E-state index in [9.17, 15) is 4.79 Å². The van der Waals surface area contributed by atoms with Crippen molar-refractivity contribution in [1.29, 1.82) is 0 Å². The lowest BCUT2D eigenvalue weighted by molar-refractivity contribution is 0.249. The monoisotopic (exact) mass is 251 g/mol. The summed E-state index contributed by atoms with van der Waals surface area (Å²) in [6.45, 7) is 8.74. The van der Waals surface area contributed by atoms with E-state index in [2.05, 4.69) is 44.3 Å². The molecule has 2 atom stereocenters. The van der Waals surface area contributed by atoms with Gasteiger partial charge in [0, 0.05) is 11.6 Å². The molecule has 0 aromatic heterocycles. The molecule has 0 radical (unpaired) electrons. The number of hydrogen-bond acceptors (Lipinski definition) is 2. The van der Waals surface area contributed by atoms with Crippen LogP contribution in [0.4, 0.5) is 4.79 Å². The van der Waals surface area contributed by atoms with Gasteiger partial charge in [-0.3, -0.25) is 0 Å². The Labute approximate surface area is 110 Å². The first kappa shape index (κ1) is 14.7. The Kier molecular flexibility index (Phi) is 5.38. The summed E-state index contributed by atoms with van der Waals surface area (Å²) in [7, 11) is 0. The summed E-state index contributed by atoms with van der Waals surface area (Å²) in [5.74, 6) is 1.73. The third-order valence-electron chi connectivity index (χ3n) is 3.85. The summed E-state index contributed by atoms with van der Waals surface area (Å²) >= 11 is 0. The van der Waals surface area contributed by atoms with E-state index in [1.165, 1.54) is 5.57 Å². The maximum absolute atomic E-state index is 10.7. The minimum atomic E-state index is -0.598. The zero-order chi connectivity index (χ0) is 13.7. The number of nitrogens with two attached hydrogens (primary N) is 1. The Balaban J connectivity index is 2.84. The summed E-state index contributed by atoms with van der Waals surface area (Å²) in [4.78, 5) is 10.7. The van der Waals surface area contributed by atoms with Gasteiger partial charge in [-0.05, 0) is 38.0 Å². The molecule has 18 heavy (non-hydrogen) atoms. The van der Waals surface area contributed by atoms with E-state index < -0.39 is 6.03 Å². The molecule has 0 bridgehead atoms. The number of nitrogens with zero attached hydrogens (tertiary/aromatic N) is 1. The number of carbonyl (C=O) groups excluding carboxylic acids is 1. The average molecular weight is 251 g/mol. The maximum atomic E-state index is 10.7. The molecular weight excluding hydrogens is 226 g/mol. The van der Waals surface area contributed by atoms with Crippen LogP contribution in [0.5, 0.6) is 0 Å². The third-order valence-corrected chi connectivity index (χ3v) is 3.85. The lowest BCUT2D eigenvalue weighted by Crippen LogP contribution is -2.30. The van der Waals surface area contributed by atoms with E-state index in [1.54, 1.807) is 0 Å². The zero-order valence-corrected chi connectivity index (χ0v) is 11.9. The highest BCUT2D eigenvalue weighted by atomic mass is 16.2. The molecule has 0 aromatic carbocycles. The standard InChI is InChI=1S/C14H25N3O/c1-5-13(16-17-14(15)18)12-8-11(9(2)3)7-6-10(12)4/h6,9,11-12H,5,7-8H2,1-4H3,(H3,15,17,18)/b16-13-/t11-,12+/m1/s1. The van der Waals surface area contributed by atoms with Crippen LogP contribution in [0.2, 0.25) is 0 Å². The largest absolute Gasteiger partial charge is 0.350 e. The smallest absolute Gasteiger partial charge is 0.332 e. The van der Waals surface area contributed by atoms with Crippen molar-refractivity contribution in [3.63, 3.8) is 0 Å². The van der Waals surface area contributed by atoms with Gasteiger partial charge in [0.25, 0.3) is 0 Å². The Bertz CT molecular complexity index is 358. The summed E-state index contributed by atoms with van der Waals surface area (Å²) in [6.07, 6.45) is 5.42. The molecule has 0 aromatic rings. The van der Waals surface area contributed by atoms with Gasteiger partial charge in [-0.25, -0.2) is 10.2 Å².